The summed E-state index contributed by atoms with van der Waals surface area (Å²) in [6.07, 6.45) is 8.85. The Balaban J connectivity index is 1.59. The minimum absolute atomic E-state index is 0.116. The van der Waals surface area contributed by atoms with Crippen molar-refractivity contribution in [1.29, 1.82) is 0 Å². The molecule has 1 saturated carbocycles. The van der Waals surface area contributed by atoms with Gasteiger partial charge in [0, 0.05) is 37.7 Å². The Morgan fingerprint density at radius 2 is 1.71 bits per heavy atom. The quantitative estimate of drug-likeness (QED) is 0.752. The summed E-state index contributed by atoms with van der Waals surface area (Å²) in [5.41, 5.74) is 1.41. The van der Waals surface area contributed by atoms with Crippen molar-refractivity contribution in [2.75, 3.05) is 18.0 Å². The van der Waals surface area contributed by atoms with Gasteiger partial charge in [-0.3, -0.25) is 14.5 Å². The van der Waals surface area contributed by atoms with Crippen molar-refractivity contribution in [3.05, 3.63) is 23.8 Å². The Bertz CT molecular complexity index is 934. The Morgan fingerprint density at radius 3 is 2.39 bits per heavy atom. The van der Waals surface area contributed by atoms with Crippen molar-refractivity contribution >= 4 is 27.5 Å². The van der Waals surface area contributed by atoms with Gasteiger partial charge >= 0.3 is 0 Å². The third-order valence-corrected chi connectivity index (χ3v) is 8.71. The predicted octanol–water partition coefficient (Wildman–Crippen LogP) is 2.98. The van der Waals surface area contributed by atoms with Crippen molar-refractivity contribution in [1.82, 2.24) is 9.62 Å². The Morgan fingerprint density at radius 1 is 1.03 bits per heavy atom. The molecule has 8 heteroatoms. The molecule has 170 valence electrons. The monoisotopic (exact) mass is 447 g/mol. The van der Waals surface area contributed by atoms with E-state index in [4.69, 9.17) is 0 Å². The maximum absolute atomic E-state index is 13.1. The highest BCUT2D eigenvalue weighted by Crippen LogP contribution is 2.36. The fraction of sp³-hybridized carbons (Fsp3) is 0.652. The number of benzene rings is 1. The number of hydrogen-bond acceptors (Lipinski definition) is 4. The van der Waals surface area contributed by atoms with Crippen LogP contribution in [0.5, 0.6) is 0 Å². The third kappa shape index (κ3) is 4.51. The first-order valence-corrected chi connectivity index (χ1v) is 13.1. The minimum Gasteiger partial charge on any atom is -0.352 e. The minimum atomic E-state index is -3.56. The molecule has 1 aromatic carbocycles. The molecule has 0 spiro atoms. The van der Waals surface area contributed by atoms with Crippen LogP contribution < -0.4 is 10.2 Å². The van der Waals surface area contributed by atoms with Crippen molar-refractivity contribution in [2.24, 2.45) is 0 Å². The van der Waals surface area contributed by atoms with Gasteiger partial charge in [0.05, 0.1) is 4.90 Å². The number of hydrogen-bond donors (Lipinski definition) is 1. The Hall–Kier alpha value is -1.93. The molecule has 2 fully saturated rings. The van der Waals surface area contributed by atoms with E-state index in [1.165, 1.54) is 6.42 Å². The summed E-state index contributed by atoms with van der Waals surface area (Å²) in [5.74, 6) is -0.250. The standard InChI is InChI=1S/C23H33N3O4S/c1-2-22(27)26-20-12-11-19(31(29,30)25-13-7-4-8-14-25)15-17(20)16-21(26)23(28)24-18-9-5-3-6-10-18/h11-12,15,18,21H,2-10,13-14,16H2,1H3,(H,24,28)/t21-/m0/s1. The van der Waals surface area contributed by atoms with Crippen LogP contribution in [-0.4, -0.2) is 49.7 Å². The van der Waals surface area contributed by atoms with Crippen LogP contribution in [0.1, 0.15) is 70.3 Å². The molecule has 0 radical (unpaired) electrons. The summed E-state index contributed by atoms with van der Waals surface area (Å²) in [4.78, 5) is 27.7. The van der Waals surface area contributed by atoms with E-state index in [-0.39, 0.29) is 22.8 Å². The van der Waals surface area contributed by atoms with E-state index >= 15 is 0 Å². The predicted molar refractivity (Wildman–Crippen MR) is 119 cm³/mol. The number of sulfonamides is 1. The molecule has 0 aromatic heterocycles. The average molecular weight is 448 g/mol. The number of rotatable bonds is 5. The molecule has 0 unspecified atom stereocenters. The van der Waals surface area contributed by atoms with Crippen LogP contribution in [0.3, 0.4) is 0 Å². The summed E-state index contributed by atoms with van der Waals surface area (Å²) < 4.78 is 27.8. The van der Waals surface area contributed by atoms with Gasteiger partial charge in [-0.15, -0.1) is 0 Å². The zero-order valence-corrected chi connectivity index (χ0v) is 19.1. The number of carbonyl (C=O) groups is 2. The van der Waals surface area contributed by atoms with Gasteiger partial charge in [-0.05, 0) is 49.4 Å². The highest BCUT2D eigenvalue weighted by Gasteiger charge is 2.39. The van der Waals surface area contributed by atoms with E-state index in [1.54, 1.807) is 34.3 Å². The molecular weight excluding hydrogens is 414 g/mol. The molecule has 2 aliphatic heterocycles. The smallest absolute Gasteiger partial charge is 0.243 e. The number of piperidine rings is 1. The first kappa shape index (κ1) is 22.3. The van der Waals surface area contributed by atoms with Crippen molar-refractivity contribution in [2.45, 2.75) is 88.1 Å². The third-order valence-electron chi connectivity index (χ3n) is 6.81. The first-order valence-electron chi connectivity index (χ1n) is 11.7. The van der Waals surface area contributed by atoms with Gasteiger partial charge in [0.1, 0.15) is 6.04 Å². The molecule has 3 aliphatic rings. The lowest BCUT2D eigenvalue weighted by Gasteiger charge is -2.28. The topological polar surface area (TPSA) is 86.8 Å². The molecule has 7 nitrogen and oxygen atoms in total. The second-order valence-electron chi connectivity index (χ2n) is 8.94. The van der Waals surface area contributed by atoms with Gasteiger partial charge in [0.25, 0.3) is 0 Å². The molecule has 2 heterocycles. The van der Waals surface area contributed by atoms with Crippen LogP contribution in [0.2, 0.25) is 0 Å². The zero-order chi connectivity index (χ0) is 22.0. The molecule has 1 atom stereocenters. The second-order valence-corrected chi connectivity index (χ2v) is 10.9. The lowest BCUT2D eigenvalue weighted by Crippen LogP contribution is -2.50. The number of carbonyl (C=O) groups excluding carboxylic acids is 2. The Kier molecular flexibility index (Phi) is 6.67. The highest BCUT2D eigenvalue weighted by atomic mass is 32.2. The molecule has 2 amide bonds. The summed E-state index contributed by atoms with van der Waals surface area (Å²) in [6.45, 7) is 2.88. The number of nitrogens with one attached hydrogen (secondary N) is 1. The summed E-state index contributed by atoms with van der Waals surface area (Å²) in [5, 5.41) is 3.14. The summed E-state index contributed by atoms with van der Waals surface area (Å²) in [6, 6.07) is 4.51. The number of amides is 2. The summed E-state index contributed by atoms with van der Waals surface area (Å²) in [7, 11) is -3.56. The normalized spacial score (nSPS) is 22.9. The molecule has 1 aromatic rings. The summed E-state index contributed by atoms with van der Waals surface area (Å²) >= 11 is 0. The van der Waals surface area contributed by atoms with Gasteiger partial charge in [-0.25, -0.2) is 8.42 Å². The second kappa shape index (κ2) is 9.28. The fourth-order valence-corrected chi connectivity index (χ4v) is 6.64. The molecule has 1 N–H and O–H groups in total. The SMILES string of the molecule is CCC(=O)N1c2ccc(S(=O)(=O)N3CCCCC3)cc2C[C@H]1C(=O)NC1CCCCC1. The van der Waals surface area contributed by atoms with Crippen LogP contribution in [-0.2, 0) is 26.0 Å². The van der Waals surface area contributed by atoms with Crippen LogP contribution in [0.4, 0.5) is 5.69 Å². The molecule has 1 aliphatic carbocycles. The van der Waals surface area contributed by atoms with Crippen molar-refractivity contribution in [3.63, 3.8) is 0 Å². The lowest BCUT2D eigenvalue weighted by atomic mass is 9.95. The molecule has 0 bridgehead atoms. The first-order chi connectivity index (χ1) is 14.9. The molecule has 31 heavy (non-hydrogen) atoms. The van der Waals surface area contributed by atoms with E-state index in [0.29, 0.717) is 31.6 Å². The van der Waals surface area contributed by atoms with Crippen molar-refractivity contribution < 1.29 is 18.0 Å². The van der Waals surface area contributed by atoms with Crippen LogP contribution in [0, 0.1) is 0 Å². The maximum Gasteiger partial charge on any atom is 0.243 e. The van der Waals surface area contributed by atoms with Crippen LogP contribution in [0.15, 0.2) is 23.1 Å². The average Bonchev–Trinajstić information content (AvgIpc) is 3.19. The lowest BCUT2D eigenvalue weighted by molar-refractivity contribution is -0.126. The van der Waals surface area contributed by atoms with E-state index in [2.05, 4.69) is 5.32 Å². The van der Waals surface area contributed by atoms with Crippen LogP contribution in [0.25, 0.3) is 0 Å². The van der Waals surface area contributed by atoms with E-state index in [1.807, 2.05) is 0 Å². The Labute approximate surface area is 185 Å². The fourth-order valence-electron chi connectivity index (χ4n) is 5.08. The molecular formula is C23H33N3O4S. The van der Waals surface area contributed by atoms with Gasteiger partial charge < -0.3 is 5.32 Å². The van der Waals surface area contributed by atoms with Gasteiger partial charge in [0.2, 0.25) is 21.8 Å². The highest BCUT2D eigenvalue weighted by molar-refractivity contribution is 7.89. The number of fused-ring (bicyclic) bond motifs is 1. The maximum atomic E-state index is 13.1. The molecule has 4 rings (SSSR count). The van der Waals surface area contributed by atoms with E-state index in [0.717, 1.165) is 50.5 Å². The van der Waals surface area contributed by atoms with Gasteiger partial charge in [-0.2, -0.15) is 4.31 Å². The van der Waals surface area contributed by atoms with Crippen LogP contribution >= 0.6 is 0 Å². The number of nitrogens with zero attached hydrogens (tertiary/aromatic N) is 2. The van der Waals surface area contributed by atoms with Crippen molar-refractivity contribution in [3.8, 4) is 0 Å². The van der Waals surface area contributed by atoms with E-state index in [9.17, 15) is 18.0 Å². The van der Waals surface area contributed by atoms with Gasteiger partial charge in [-0.1, -0.05) is 32.6 Å². The molecule has 1 saturated heterocycles. The van der Waals surface area contributed by atoms with Gasteiger partial charge in [0.15, 0.2) is 0 Å². The largest absolute Gasteiger partial charge is 0.352 e. The number of anilines is 1. The van der Waals surface area contributed by atoms with E-state index < -0.39 is 16.1 Å². The zero-order valence-electron chi connectivity index (χ0n) is 18.3.